The lowest BCUT2D eigenvalue weighted by Gasteiger charge is -2.34. The SMILES string of the molecule is Cl.Cl.N#CC[C@H](c1ccc(O)c(Br)c1)N1CCNCC1. The third kappa shape index (κ3) is 4.80. The van der Waals surface area contributed by atoms with E-state index in [1.165, 1.54) is 0 Å². The fourth-order valence-corrected chi connectivity index (χ4v) is 2.66. The number of nitrogens with one attached hydrogen (secondary N) is 1. The molecule has 7 heteroatoms. The fourth-order valence-electron chi connectivity index (χ4n) is 2.27. The molecule has 0 unspecified atom stereocenters. The van der Waals surface area contributed by atoms with E-state index in [1.54, 1.807) is 6.07 Å². The number of phenolic OH excluding ortho intramolecular Hbond substituents is 1. The van der Waals surface area contributed by atoms with Crippen molar-refractivity contribution >= 4 is 40.7 Å². The minimum atomic E-state index is 0. The Morgan fingerprint density at radius 3 is 2.55 bits per heavy atom. The van der Waals surface area contributed by atoms with E-state index in [-0.39, 0.29) is 36.6 Å². The van der Waals surface area contributed by atoms with Gasteiger partial charge in [-0.3, -0.25) is 4.90 Å². The zero-order valence-electron chi connectivity index (χ0n) is 10.9. The van der Waals surface area contributed by atoms with Crippen LogP contribution in [0, 0.1) is 11.3 Å². The lowest BCUT2D eigenvalue weighted by Crippen LogP contribution is -2.45. The second-order valence-electron chi connectivity index (χ2n) is 4.37. The highest BCUT2D eigenvalue weighted by Crippen LogP contribution is 2.31. The van der Waals surface area contributed by atoms with Crippen molar-refractivity contribution in [2.24, 2.45) is 0 Å². The predicted octanol–water partition coefficient (Wildman–Crippen LogP) is 2.86. The van der Waals surface area contributed by atoms with E-state index in [0.29, 0.717) is 10.9 Å². The monoisotopic (exact) mass is 381 g/mol. The number of phenols is 1. The summed E-state index contributed by atoms with van der Waals surface area (Å²) in [6.07, 6.45) is 0.469. The first kappa shape index (κ1) is 19.5. The second-order valence-corrected chi connectivity index (χ2v) is 5.23. The summed E-state index contributed by atoms with van der Waals surface area (Å²) in [5.74, 6) is 0.231. The van der Waals surface area contributed by atoms with Crippen molar-refractivity contribution in [2.75, 3.05) is 26.2 Å². The van der Waals surface area contributed by atoms with E-state index < -0.39 is 0 Å². The average molecular weight is 383 g/mol. The molecule has 1 aliphatic rings. The van der Waals surface area contributed by atoms with Gasteiger partial charge in [0.25, 0.3) is 0 Å². The number of hydrogen-bond acceptors (Lipinski definition) is 4. The number of nitriles is 1. The largest absolute Gasteiger partial charge is 0.507 e. The normalized spacial score (nSPS) is 16.4. The van der Waals surface area contributed by atoms with Crippen molar-refractivity contribution in [1.29, 1.82) is 5.26 Å². The molecule has 4 nitrogen and oxygen atoms in total. The van der Waals surface area contributed by atoms with Gasteiger partial charge >= 0.3 is 0 Å². The molecule has 1 aliphatic heterocycles. The van der Waals surface area contributed by atoms with Crippen LogP contribution >= 0.6 is 40.7 Å². The summed E-state index contributed by atoms with van der Waals surface area (Å²) >= 11 is 3.33. The minimum absolute atomic E-state index is 0. The van der Waals surface area contributed by atoms with Crippen LogP contribution in [0.15, 0.2) is 22.7 Å². The minimum Gasteiger partial charge on any atom is -0.507 e. The molecule has 20 heavy (non-hydrogen) atoms. The maximum atomic E-state index is 9.53. The van der Waals surface area contributed by atoms with Gasteiger partial charge in [0.1, 0.15) is 5.75 Å². The first-order valence-electron chi connectivity index (χ1n) is 6.02. The van der Waals surface area contributed by atoms with E-state index in [9.17, 15) is 5.11 Å². The number of halogens is 3. The molecule has 112 valence electrons. The van der Waals surface area contributed by atoms with E-state index in [0.717, 1.165) is 31.7 Å². The summed E-state index contributed by atoms with van der Waals surface area (Å²) in [7, 11) is 0. The van der Waals surface area contributed by atoms with Crippen LogP contribution in [-0.2, 0) is 0 Å². The Morgan fingerprint density at radius 2 is 2.00 bits per heavy atom. The highest BCUT2D eigenvalue weighted by atomic mass is 79.9. The van der Waals surface area contributed by atoms with Gasteiger partial charge in [-0.1, -0.05) is 6.07 Å². The van der Waals surface area contributed by atoms with Crippen LogP contribution in [0.4, 0.5) is 0 Å². The summed E-state index contributed by atoms with van der Waals surface area (Å²) in [5.41, 5.74) is 1.07. The molecule has 0 amide bonds. The van der Waals surface area contributed by atoms with Crippen molar-refractivity contribution in [2.45, 2.75) is 12.5 Å². The van der Waals surface area contributed by atoms with Gasteiger partial charge in [-0.2, -0.15) is 5.26 Å². The van der Waals surface area contributed by atoms with Gasteiger partial charge in [0.05, 0.1) is 17.0 Å². The molecule has 0 radical (unpaired) electrons. The van der Waals surface area contributed by atoms with Crippen molar-refractivity contribution in [3.05, 3.63) is 28.2 Å². The first-order chi connectivity index (χ1) is 8.72. The number of hydrogen-bond donors (Lipinski definition) is 2. The summed E-state index contributed by atoms with van der Waals surface area (Å²) in [6, 6.07) is 7.83. The van der Waals surface area contributed by atoms with Crippen LogP contribution in [0.1, 0.15) is 18.0 Å². The first-order valence-corrected chi connectivity index (χ1v) is 6.82. The quantitative estimate of drug-likeness (QED) is 0.843. The van der Waals surface area contributed by atoms with Crippen LogP contribution in [0.25, 0.3) is 0 Å². The number of nitrogens with zero attached hydrogens (tertiary/aromatic N) is 2. The number of rotatable bonds is 3. The maximum absolute atomic E-state index is 9.53. The van der Waals surface area contributed by atoms with Gasteiger partial charge in [0, 0.05) is 32.2 Å². The molecule has 1 saturated heterocycles. The summed E-state index contributed by atoms with van der Waals surface area (Å²) in [5, 5.41) is 21.8. The lowest BCUT2D eigenvalue weighted by molar-refractivity contribution is 0.175. The molecule has 0 aromatic heterocycles. The molecule has 1 aromatic rings. The molecule has 1 fully saturated rings. The Labute approximate surface area is 140 Å². The Morgan fingerprint density at radius 1 is 1.35 bits per heavy atom. The molecule has 0 saturated carbocycles. The topological polar surface area (TPSA) is 59.3 Å². The van der Waals surface area contributed by atoms with E-state index in [2.05, 4.69) is 32.2 Å². The molecular weight excluding hydrogens is 365 g/mol. The van der Waals surface area contributed by atoms with Gasteiger partial charge in [0.2, 0.25) is 0 Å². The van der Waals surface area contributed by atoms with Crippen molar-refractivity contribution in [1.82, 2.24) is 10.2 Å². The Bertz CT molecular complexity index is 461. The average Bonchev–Trinajstić information content (AvgIpc) is 2.40. The zero-order valence-corrected chi connectivity index (χ0v) is 14.1. The molecular formula is C13H18BrCl2N3O. The van der Waals surface area contributed by atoms with E-state index in [1.807, 2.05) is 12.1 Å². The third-order valence-electron chi connectivity index (χ3n) is 3.23. The van der Waals surface area contributed by atoms with Gasteiger partial charge in [-0.15, -0.1) is 24.8 Å². The fraction of sp³-hybridized carbons (Fsp3) is 0.462. The molecule has 0 aliphatic carbocycles. The third-order valence-corrected chi connectivity index (χ3v) is 3.87. The van der Waals surface area contributed by atoms with Gasteiger partial charge in [-0.25, -0.2) is 0 Å². The molecule has 2 rings (SSSR count). The van der Waals surface area contributed by atoms with Gasteiger partial charge in [-0.05, 0) is 33.6 Å². The van der Waals surface area contributed by atoms with Crippen LogP contribution in [0.5, 0.6) is 5.75 Å². The molecule has 2 N–H and O–H groups in total. The molecule has 0 spiro atoms. The maximum Gasteiger partial charge on any atom is 0.129 e. The van der Waals surface area contributed by atoms with Crippen molar-refractivity contribution in [3.63, 3.8) is 0 Å². The number of aromatic hydroxyl groups is 1. The van der Waals surface area contributed by atoms with Gasteiger partial charge < -0.3 is 10.4 Å². The van der Waals surface area contributed by atoms with E-state index >= 15 is 0 Å². The van der Waals surface area contributed by atoms with Crippen LogP contribution in [0.2, 0.25) is 0 Å². The van der Waals surface area contributed by atoms with E-state index in [4.69, 9.17) is 5.26 Å². The highest BCUT2D eigenvalue weighted by Gasteiger charge is 2.22. The highest BCUT2D eigenvalue weighted by molar-refractivity contribution is 9.10. The molecule has 1 aromatic carbocycles. The summed E-state index contributed by atoms with van der Waals surface area (Å²) in [6.45, 7) is 3.82. The zero-order chi connectivity index (χ0) is 13.0. The smallest absolute Gasteiger partial charge is 0.129 e. The van der Waals surface area contributed by atoms with Crippen LogP contribution in [0.3, 0.4) is 0 Å². The molecule has 1 atom stereocenters. The molecule has 1 heterocycles. The number of piperazine rings is 1. The van der Waals surface area contributed by atoms with Crippen LogP contribution in [-0.4, -0.2) is 36.2 Å². The summed E-state index contributed by atoms with van der Waals surface area (Å²) in [4.78, 5) is 2.32. The Kier molecular flexibility index (Phi) is 9.19. The predicted molar refractivity (Wildman–Crippen MR) is 87.7 cm³/mol. The second kappa shape index (κ2) is 9.43. The molecule has 0 bridgehead atoms. The van der Waals surface area contributed by atoms with Gasteiger partial charge in [0.15, 0.2) is 0 Å². The van der Waals surface area contributed by atoms with Crippen molar-refractivity contribution < 1.29 is 5.11 Å². The van der Waals surface area contributed by atoms with Crippen LogP contribution < -0.4 is 5.32 Å². The standard InChI is InChI=1S/C13H16BrN3O.2ClH/c14-11-9-10(1-2-13(11)18)12(3-4-15)17-7-5-16-6-8-17;;/h1-2,9,12,16,18H,3,5-8H2;2*1H/t12-;;/m1../s1. The Hall–Kier alpha value is -0.510. The number of benzene rings is 1. The van der Waals surface area contributed by atoms with Crippen molar-refractivity contribution in [3.8, 4) is 11.8 Å². The summed E-state index contributed by atoms with van der Waals surface area (Å²) < 4.78 is 0.679. The lowest BCUT2D eigenvalue weighted by atomic mass is 10.0. The Balaban J connectivity index is 0.00000180.